The Morgan fingerprint density at radius 3 is 2.35 bits per heavy atom. The van der Waals surface area contributed by atoms with E-state index in [1.807, 2.05) is 6.07 Å². The lowest BCUT2D eigenvalue weighted by atomic mass is 9.97. The summed E-state index contributed by atoms with van der Waals surface area (Å²) >= 11 is 0. The van der Waals surface area contributed by atoms with Crippen molar-refractivity contribution in [2.24, 2.45) is 0 Å². The number of esters is 1. The number of alkyl halides is 3. The van der Waals surface area contributed by atoms with Gasteiger partial charge in [-0.3, -0.25) is 0 Å². The monoisotopic (exact) mass is 278 g/mol. The van der Waals surface area contributed by atoms with Crippen molar-refractivity contribution in [1.82, 2.24) is 0 Å². The number of hydrogen-bond acceptors (Lipinski definition) is 2. The van der Waals surface area contributed by atoms with Gasteiger partial charge in [-0.15, -0.1) is 0 Å². The van der Waals surface area contributed by atoms with Gasteiger partial charge < -0.3 is 4.74 Å². The molecule has 2 nitrogen and oxygen atoms in total. The van der Waals surface area contributed by atoms with Gasteiger partial charge >= 0.3 is 12.1 Å². The Morgan fingerprint density at radius 2 is 1.70 bits per heavy atom. The summed E-state index contributed by atoms with van der Waals surface area (Å²) < 4.78 is 43.1. The second kappa shape index (κ2) is 4.37. The molecule has 1 unspecified atom stereocenters. The number of carbonyl (C=O) groups is 1. The fraction of sp³-hybridized carbons (Fsp3) is 0.133. The molecule has 102 valence electrons. The maximum absolute atomic E-state index is 12.7. The van der Waals surface area contributed by atoms with Crippen molar-refractivity contribution in [1.29, 1.82) is 0 Å². The number of ether oxygens (including phenoxy) is 1. The summed E-state index contributed by atoms with van der Waals surface area (Å²) in [6.07, 6.45) is -5.11. The lowest BCUT2D eigenvalue weighted by molar-refractivity contribution is -0.137. The van der Waals surface area contributed by atoms with Gasteiger partial charge in [0.05, 0.1) is 11.1 Å². The van der Waals surface area contributed by atoms with Crippen LogP contribution in [0.4, 0.5) is 13.2 Å². The van der Waals surface area contributed by atoms with Crippen molar-refractivity contribution < 1.29 is 22.7 Å². The topological polar surface area (TPSA) is 26.3 Å². The van der Waals surface area contributed by atoms with E-state index >= 15 is 0 Å². The Morgan fingerprint density at radius 1 is 1.00 bits per heavy atom. The van der Waals surface area contributed by atoms with Crippen LogP contribution in [0.25, 0.3) is 0 Å². The molecule has 1 atom stereocenters. The zero-order chi connectivity index (χ0) is 14.3. The first kappa shape index (κ1) is 12.7. The molecular formula is C15H9F3O2. The van der Waals surface area contributed by atoms with Crippen LogP contribution in [0.15, 0.2) is 48.5 Å². The highest BCUT2D eigenvalue weighted by molar-refractivity contribution is 5.94. The molecular weight excluding hydrogens is 269 g/mol. The third-order valence-corrected chi connectivity index (χ3v) is 3.21. The molecule has 1 aliphatic heterocycles. The van der Waals surface area contributed by atoms with Crippen LogP contribution in [0.5, 0.6) is 0 Å². The Kier molecular flexibility index (Phi) is 2.78. The molecule has 0 bridgehead atoms. The summed E-state index contributed by atoms with van der Waals surface area (Å²) in [5, 5.41) is 0. The minimum atomic E-state index is -4.47. The highest BCUT2D eigenvalue weighted by Gasteiger charge is 2.37. The Balaban J connectivity index is 2.07. The predicted molar refractivity (Wildman–Crippen MR) is 65.1 cm³/mol. The minimum absolute atomic E-state index is 0.0197. The average molecular weight is 278 g/mol. The summed E-state index contributed by atoms with van der Waals surface area (Å²) in [5.41, 5.74) is 0.337. The molecule has 0 saturated carbocycles. The highest BCUT2D eigenvalue weighted by atomic mass is 19.4. The molecule has 0 aliphatic carbocycles. The van der Waals surface area contributed by atoms with Gasteiger partial charge in [0.2, 0.25) is 0 Å². The van der Waals surface area contributed by atoms with E-state index in [0.717, 1.165) is 17.7 Å². The number of carbonyl (C=O) groups excluding carboxylic acids is 1. The molecule has 2 aromatic rings. The van der Waals surface area contributed by atoms with E-state index in [1.165, 1.54) is 6.07 Å². The van der Waals surface area contributed by atoms with Gasteiger partial charge in [-0.25, -0.2) is 4.79 Å². The van der Waals surface area contributed by atoms with E-state index in [2.05, 4.69) is 0 Å². The first-order chi connectivity index (χ1) is 9.47. The van der Waals surface area contributed by atoms with Crippen molar-refractivity contribution in [2.75, 3.05) is 0 Å². The van der Waals surface area contributed by atoms with Gasteiger partial charge in [0, 0.05) is 5.56 Å². The number of benzene rings is 2. The Labute approximate surface area is 112 Å². The zero-order valence-corrected chi connectivity index (χ0v) is 10.1. The van der Waals surface area contributed by atoms with Crippen LogP contribution in [0.2, 0.25) is 0 Å². The van der Waals surface area contributed by atoms with Crippen LogP contribution >= 0.6 is 0 Å². The lowest BCUT2D eigenvalue weighted by Crippen LogP contribution is -2.06. The predicted octanol–water partition coefficient (Wildman–Crippen LogP) is 3.97. The van der Waals surface area contributed by atoms with E-state index in [0.29, 0.717) is 5.56 Å². The zero-order valence-electron chi connectivity index (χ0n) is 10.1. The number of rotatable bonds is 1. The smallest absolute Gasteiger partial charge is 0.416 e. The molecule has 1 heterocycles. The molecule has 3 rings (SSSR count). The molecule has 0 N–H and O–H groups in total. The number of cyclic esters (lactones) is 1. The van der Waals surface area contributed by atoms with Crippen molar-refractivity contribution >= 4 is 5.97 Å². The van der Waals surface area contributed by atoms with Crippen molar-refractivity contribution in [2.45, 2.75) is 12.3 Å². The number of fused-ring (bicyclic) bond motifs is 1. The van der Waals surface area contributed by atoms with Gasteiger partial charge in [0.1, 0.15) is 0 Å². The van der Waals surface area contributed by atoms with Crippen LogP contribution in [-0.2, 0) is 10.9 Å². The highest BCUT2D eigenvalue weighted by Crippen LogP contribution is 2.39. The third-order valence-electron chi connectivity index (χ3n) is 3.21. The summed E-state index contributed by atoms with van der Waals surface area (Å²) in [6, 6.07) is 12.0. The molecule has 0 fully saturated rings. The number of halogens is 3. The van der Waals surface area contributed by atoms with Crippen LogP contribution in [0.1, 0.15) is 33.2 Å². The molecule has 1 aliphatic rings. The molecule has 20 heavy (non-hydrogen) atoms. The lowest BCUT2D eigenvalue weighted by Gasteiger charge is -2.11. The fourth-order valence-corrected chi connectivity index (χ4v) is 2.25. The second-order valence-corrected chi connectivity index (χ2v) is 4.50. The summed E-state index contributed by atoms with van der Waals surface area (Å²) in [6.45, 7) is 0. The second-order valence-electron chi connectivity index (χ2n) is 4.50. The van der Waals surface area contributed by atoms with Crippen molar-refractivity contribution in [3.8, 4) is 0 Å². The van der Waals surface area contributed by atoms with Gasteiger partial charge in [0.25, 0.3) is 0 Å². The average Bonchev–Trinajstić information content (AvgIpc) is 2.76. The Hall–Kier alpha value is -2.30. The van der Waals surface area contributed by atoms with E-state index in [9.17, 15) is 18.0 Å². The third kappa shape index (κ3) is 2.05. The Bertz CT molecular complexity index is 663. The molecule has 0 radical (unpaired) electrons. The van der Waals surface area contributed by atoms with Crippen LogP contribution in [0.3, 0.4) is 0 Å². The largest absolute Gasteiger partial charge is 0.449 e. The number of hydrogen-bond donors (Lipinski definition) is 0. The molecule has 0 saturated heterocycles. The quantitative estimate of drug-likeness (QED) is 0.738. The van der Waals surface area contributed by atoms with Gasteiger partial charge in [-0.1, -0.05) is 36.4 Å². The molecule has 0 amide bonds. The van der Waals surface area contributed by atoms with Gasteiger partial charge in [-0.2, -0.15) is 13.2 Å². The van der Waals surface area contributed by atoms with E-state index in [1.54, 1.807) is 24.3 Å². The van der Waals surface area contributed by atoms with Crippen molar-refractivity contribution in [3.05, 3.63) is 70.8 Å². The molecule has 2 aromatic carbocycles. The molecule has 5 heteroatoms. The van der Waals surface area contributed by atoms with Crippen molar-refractivity contribution in [3.63, 3.8) is 0 Å². The summed E-state index contributed by atoms with van der Waals surface area (Å²) in [4.78, 5) is 11.7. The summed E-state index contributed by atoms with van der Waals surface area (Å²) in [7, 11) is 0. The SMILES string of the molecule is O=C1OC(c2ccccc2)c2ccc(C(F)(F)F)cc21. The van der Waals surface area contributed by atoms with Crippen LogP contribution < -0.4 is 0 Å². The summed E-state index contributed by atoms with van der Waals surface area (Å²) in [5.74, 6) is -0.722. The van der Waals surface area contributed by atoms with E-state index in [-0.39, 0.29) is 5.56 Å². The molecule has 0 spiro atoms. The van der Waals surface area contributed by atoms with Crippen LogP contribution in [-0.4, -0.2) is 5.97 Å². The maximum Gasteiger partial charge on any atom is 0.416 e. The molecule has 0 aromatic heterocycles. The van der Waals surface area contributed by atoms with E-state index < -0.39 is 23.8 Å². The maximum atomic E-state index is 12.7. The minimum Gasteiger partial charge on any atom is -0.449 e. The first-order valence-corrected chi connectivity index (χ1v) is 5.94. The first-order valence-electron chi connectivity index (χ1n) is 5.94. The normalized spacial score (nSPS) is 17.8. The van der Waals surface area contributed by atoms with Gasteiger partial charge in [-0.05, 0) is 17.7 Å². The van der Waals surface area contributed by atoms with Gasteiger partial charge in [0.15, 0.2) is 6.10 Å². The standard InChI is InChI=1S/C15H9F3O2/c16-15(17,18)10-6-7-11-12(8-10)14(19)20-13(11)9-4-2-1-3-5-9/h1-8,13H. The van der Waals surface area contributed by atoms with Crippen LogP contribution in [0, 0.1) is 0 Å². The fourth-order valence-electron chi connectivity index (χ4n) is 2.25. The van der Waals surface area contributed by atoms with E-state index in [4.69, 9.17) is 4.74 Å².